The van der Waals surface area contributed by atoms with Crippen molar-refractivity contribution in [2.75, 3.05) is 0 Å². The molecule has 0 saturated heterocycles. The fraction of sp³-hybridized carbons (Fsp3) is 0.524. The van der Waals surface area contributed by atoms with E-state index in [1.807, 2.05) is 27.7 Å². The standard InChI is InChI=1S/C21H30O6S2/c1-13(2)16-11-19(14(3)4)21(20(12-16)15(5)6)29(25,26)27-17-7-9-18(10-8-17)28(22,23)24/h7-11,13-16H,12H2,1-6H3,(H,22,23,24). The highest BCUT2D eigenvalue weighted by atomic mass is 32.2. The molecule has 1 aliphatic carbocycles. The van der Waals surface area contributed by atoms with Gasteiger partial charge in [-0.05, 0) is 65.5 Å². The summed E-state index contributed by atoms with van der Waals surface area (Å²) >= 11 is 0. The van der Waals surface area contributed by atoms with Crippen molar-refractivity contribution in [2.24, 2.45) is 23.7 Å². The van der Waals surface area contributed by atoms with Crippen LogP contribution in [0.25, 0.3) is 0 Å². The molecule has 8 heteroatoms. The lowest BCUT2D eigenvalue weighted by molar-refractivity contribution is 0.431. The van der Waals surface area contributed by atoms with Crippen molar-refractivity contribution >= 4 is 20.2 Å². The van der Waals surface area contributed by atoms with Crippen molar-refractivity contribution in [3.63, 3.8) is 0 Å². The van der Waals surface area contributed by atoms with Crippen LogP contribution < -0.4 is 4.18 Å². The topological polar surface area (TPSA) is 97.7 Å². The summed E-state index contributed by atoms with van der Waals surface area (Å²) in [5.74, 6) is 0.671. The molecule has 1 atom stereocenters. The molecule has 0 saturated carbocycles. The number of allylic oxidation sites excluding steroid dienone is 3. The van der Waals surface area contributed by atoms with Crippen LogP contribution in [0.15, 0.2) is 51.3 Å². The molecule has 29 heavy (non-hydrogen) atoms. The number of benzene rings is 1. The average molecular weight is 443 g/mol. The van der Waals surface area contributed by atoms with Gasteiger partial charge in [-0.25, -0.2) is 0 Å². The summed E-state index contributed by atoms with van der Waals surface area (Å²) in [5.41, 5.74) is 1.61. The van der Waals surface area contributed by atoms with Crippen LogP contribution in [-0.4, -0.2) is 21.4 Å². The molecular weight excluding hydrogens is 412 g/mol. The summed E-state index contributed by atoms with van der Waals surface area (Å²) < 4.78 is 63.3. The van der Waals surface area contributed by atoms with Gasteiger partial charge in [-0.15, -0.1) is 0 Å². The maximum atomic E-state index is 13.3. The molecule has 0 heterocycles. The molecule has 162 valence electrons. The first kappa shape index (κ1) is 23.6. The normalized spacial score (nSPS) is 18.6. The number of hydrogen-bond donors (Lipinski definition) is 1. The van der Waals surface area contributed by atoms with Crippen LogP contribution in [0, 0.1) is 23.7 Å². The van der Waals surface area contributed by atoms with Gasteiger partial charge in [-0.2, -0.15) is 16.8 Å². The average Bonchev–Trinajstić information content (AvgIpc) is 2.59. The summed E-state index contributed by atoms with van der Waals surface area (Å²) in [7, 11) is -8.48. The minimum absolute atomic E-state index is 0.000540. The largest absolute Gasteiger partial charge is 0.379 e. The van der Waals surface area contributed by atoms with Crippen molar-refractivity contribution in [3.8, 4) is 5.75 Å². The summed E-state index contributed by atoms with van der Waals surface area (Å²) in [6.45, 7) is 12.1. The molecule has 0 aliphatic heterocycles. The fourth-order valence-electron chi connectivity index (χ4n) is 3.42. The Morgan fingerprint density at radius 2 is 1.48 bits per heavy atom. The minimum atomic E-state index is -4.36. The lowest BCUT2D eigenvalue weighted by atomic mass is 9.78. The third-order valence-corrected chi connectivity index (χ3v) is 7.43. The number of rotatable bonds is 7. The predicted octanol–water partition coefficient (Wildman–Crippen LogP) is 4.81. The molecule has 1 N–H and O–H groups in total. The molecule has 1 unspecified atom stereocenters. The van der Waals surface area contributed by atoms with Crippen LogP contribution in [0.4, 0.5) is 0 Å². The molecule has 1 aromatic carbocycles. The minimum Gasteiger partial charge on any atom is -0.379 e. The summed E-state index contributed by atoms with van der Waals surface area (Å²) in [5, 5.41) is 0. The zero-order valence-corrected chi connectivity index (χ0v) is 19.3. The van der Waals surface area contributed by atoms with E-state index in [1.54, 1.807) is 0 Å². The van der Waals surface area contributed by atoms with Crippen LogP contribution in [0.2, 0.25) is 0 Å². The van der Waals surface area contributed by atoms with Gasteiger partial charge >= 0.3 is 10.1 Å². The third kappa shape index (κ3) is 5.49. The smallest absolute Gasteiger partial charge is 0.339 e. The van der Waals surface area contributed by atoms with Gasteiger partial charge in [0.25, 0.3) is 10.1 Å². The molecule has 1 aromatic rings. The van der Waals surface area contributed by atoms with E-state index in [2.05, 4.69) is 19.9 Å². The first-order valence-electron chi connectivity index (χ1n) is 9.71. The Kier molecular flexibility index (Phi) is 7.02. The van der Waals surface area contributed by atoms with Gasteiger partial charge in [-0.3, -0.25) is 4.55 Å². The SMILES string of the molecule is CC(C)C1=CC(C(C)C)CC(C(C)C)=C1S(=O)(=O)Oc1ccc(S(=O)(=O)O)cc1. The molecule has 0 aromatic heterocycles. The van der Waals surface area contributed by atoms with Crippen LogP contribution >= 0.6 is 0 Å². The van der Waals surface area contributed by atoms with Crippen LogP contribution in [0.5, 0.6) is 5.75 Å². The summed E-state index contributed by atoms with van der Waals surface area (Å²) in [6, 6.07) is 4.64. The fourth-order valence-corrected chi connectivity index (χ4v) is 5.58. The molecule has 0 amide bonds. The summed E-state index contributed by atoms with van der Waals surface area (Å²) in [4.78, 5) is -0.0946. The van der Waals surface area contributed by atoms with E-state index in [0.29, 0.717) is 12.3 Å². The Balaban J connectivity index is 2.52. The molecule has 0 fully saturated rings. The zero-order chi connectivity index (χ0) is 22.1. The molecular formula is C21H30O6S2. The van der Waals surface area contributed by atoms with Crippen LogP contribution in [0.3, 0.4) is 0 Å². The van der Waals surface area contributed by atoms with Gasteiger partial charge in [0.15, 0.2) is 0 Å². The molecule has 0 radical (unpaired) electrons. The van der Waals surface area contributed by atoms with Gasteiger partial charge in [0.05, 0.1) is 4.90 Å². The molecule has 2 rings (SSSR count). The Bertz CT molecular complexity index is 1010. The number of hydrogen-bond acceptors (Lipinski definition) is 5. The van der Waals surface area contributed by atoms with Gasteiger partial charge in [0.1, 0.15) is 10.7 Å². The van der Waals surface area contributed by atoms with Crippen LogP contribution in [-0.2, 0) is 20.2 Å². The maximum Gasteiger partial charge on any atom is 0.339 e. The van der Waals surface area contributed by atoms with Crippen molar-refractivity contribution in [2.45, 2.75) is 52.9 Å². The second-order valence-corrected chi connectivity index (χ2v) is 11.3. The first-order chi connectivity index (χ1) is 13.2. The second-order valence-electron chi connectivity index (χ2n) is 8.38. The van der Waals surface area contributed by atoms with Crippen molar-refractivity contribution in [3.05, 3.63) is 46.4 Å². The van der Waals surface area contributed by atoms with E-state index < -0.39 is 20.2 Å². The predicted molar refractivity (Wildman–Crippen MR) is 114 cm³/mol. The summed E-state index contributed by atoms with van der Waals surface area (Å²) in [6.07, 6.45) is 2.71. The Morgan fingerprint density at radius 3 is 1.90 bits per heavy atom. The van der Waals surface area contributed by atoms with Gasteiger partial charge in [0, 0.05) is 0 Å². The Hall–Kier alpha value is -1.64. The molecule has 0 bridgehead atoms. The monoisotopic (exact) mass is 442 g/mol. The lowest BCUT2D eigenvalue weighted by Crippen LogP contribution is -2.25. The Morgan fingerprint density at radius 1 is 0.931 bits per heavy atom. The zero-order valence-electron chi connectivity index (χ0n) is 17.7. The highest BCUT2D eigenvalue weighted by molar-refractivity contribution is 7.91. The first-order valence-corrected chi connectivity index (χ1v) is 12.6. The van der Waals surface area contributed by atoms with Crippen molar-refractivity contribution < 1.29 is 25.6 Å². The molecule has 0 spiro atoms. The van der Waals surface area contributed by atoms with E-state index >= 15 is 0 Å². The van der Waals surface area contributed by atoms with Crippen molar-refractivity contribution in [1.29, 1.82) is 0 Å². The lowest BCUT2D eigenvalue weighted by Gasteiger charge is -2.32. The quantitative estimate of drug-likeness (QED) is 0.481. The van der Waals surface area contributed by atoms with Gasteiger partial charge in [0.2, 0.25) is 0 Å². The van der Waals surface area contributed by atoms with E-state index in [9.17, 15) is 16.8 Å². The molecule has 1 aliphatic rings. The van der Waals surface area contributed by atoms with Gasteiger partial charge < -0.3 is 4.18 Å². The maximum absolute atomic E-state index is 13.3. The van der Waals surface area contributed by atoms with Crippen molar-refractivity contribution in [1.82, 2.24) is 0 Å². The highest BCUT2D eigenvalue weighted by Gasteiger charge is 2.35. The molecule has 6 nitrogen and oxygen atoms in total. The van der Waals surface area contributed by atoms with Crippen LogP contribution in [0.1, 0.15) is 48.0 Å². The Labute approximate surface area is 174 Å². The second kappa shape index (κ2) is 8.62. The third-order valence-electron chi connectivity index (χ3n) is 5.16. The van der Waals surface area contributed by atoms with E-state index in [1.165, 1.54) is 12.1 Å². The highest BCUT2D eigenvalue weighted by Crippen LogP contribution is 2.42. The van der Waals surface area contributed by atoms with E-state index in [-0.39, 0.29) is 33.3 Å². The van der Waals surface area contributed by atoms with E-state index in [0.717, 1.165) is 23.3 Å². The van der Waals surface area contributed by atoms with E-state index in [4.69, 9.17) is 8.74 Å². The van der Waals surface area contributed by atoms with Gasteiger partial charge in [-0.1, -0.05) is 47.6 Å².